The van der Waals surface area contributed by atoms with E-state index < -0.39 is 24.0 Å². The van der Waals surface area contributed by atoms with E-state index in [2.05, 4.69) is 40.6 Å². The molecular weight excluding hydrogens is 1010 g/mol. The van der Waals surface area contributed by atoms with Gasteiger partial charge >= 0.3 is 11.8 Å². The number of hydrogen-bond donors (Lipinski definition) is 4. The summed E-state index contributed by atoms with van der Waals surface area (Å²) in [6, 6.07) is 16.1. The van der Waals surface area contributed by atoms with Crippen molar-refractivity contribution >= 4 is 56.9 Å². The highest BCUT2D eigenvalue weighted by molar-refractivity contribution is 6.01. The number of phenols is 2. The fraction of sp³-hybridized carbons (Fsp3) is 0.411. The summed E-state index contributed by atoms with van der Waals surface area (Å²) in [7, 11) is 1.72. The number of phenolic OH excluding ortho intramolecular Hbond substituents is 2. The molecule has 0 radical (unpaired) electrons. The van der Waals surface area contributed by atoms with Crippen molar-refractivity contribution in [3.8, 4) is 39.8 Å². The van der Waals surface area contributed by atoms with Gasteiger partial charge in [-0.3, -0.25) is 43.1 Å². The summed E-state index contributed by atoms with van der Waals surface area (Å²) in [6.07, 6.45) is 5.72. The van der Waals surface area contributed by atoms with Gasteiger partial charge in [-0.15, -0.1) is 10.2 Å². The maximum atomic E-state index is 14.0. The number of nitrogens with zero attached hydrogens (tertiary/aromatic N) is 13. The van der Waals surface area contributed by atoms with Crippen LogP contribution in [0, 0.1) is 5.92 Å². The molecule has 0 aliphatic carbocycles. The Labute approximate surface area is 453 Å². The van der Waals surface area contributed by atoms with Crippen molar-refractivity contribution in [2.75, 3.05) is 58.9 Å². The largest absolute Gasteiger partial charge is 0.508 e. The van der Waals surface area contributed by atoms with Gasteiger partial charge in [0.05, 0.1) is 46.1 Å². The van der Waals surface area contributed by atoms with E-state index in [4.69, 9.17) is 9.72 Å². The van der Waals surface area contributed by atoms with Crippen molar-refractivity contribution in [2.24, 2.45) is 13.0 Å². The molecular formula is C56H63N15O8. The van der Waals surface area contributed by atoms with Crippen molar-refractivity contribution < 1.29 is 34.1 Å². The zero-order chi connectivity index (χ0) is 55.2. The first kappa shape index (κ1) is 52.3. The second-order valence-electron chi connectivity index (χ2n) is 21.1. The van der Waals surface area contributed by atoms with Crippen LogP contribution < -0.4 is 11.0 Å². The predicted molar refractivity (Wildman–Crippen MR) is 292 cm³/mol. The number of ether oxygens (including phenoxy) is 1. The molecule has 3 saturated heterocycles. The van der Waals surface area contributed by atoms with Gasteiger partial charge in [0.25, 0.3) is 11.8 Å². The number of rotatable bonds is 12. The lowest BCUT2D eigenvalue weighted by Crippen LogP contribution is -2.53. The van der Waals surface area contributed by atoms with Crippen molar-refractivity contribution in [3.05, 3.63) is 101 Å². The van der Waals surface area contributed by atoms with Crippen LogP contribution in [0.5, 0.6) is 11.5 Å². The van der Waals surface area contributed by atoms with E-state index in [1.807, 2.05) is 68.1 Å². The molecule has 4 N–H and O–H groups in total. The van der Waals surface area contributed by atoms with Crippen LogP contribution in [0.4, 0.5) is 4.79 Å². The number of piperidine rings is 2. The minimum atomic E-state index is -1.05. The Morgan fingerprint density at radius 2 is 1.61 bits per heavy atom. The maximum Gasteiger partial charge on any atom is 0.410 e. The highest BCUT2D eigenvalue weighted by atomic mass is 16.6. The third kappa shape index (κ3) is 10.1. The topological polar surface area (TPSA) is 268 Å². The van der Waals surface area contributed by atoms with E-state index >= 15 is 0 Å². The van der Waals surface area contributed by atoms with E-state index in [0.717, 1.165) is 16.5 Å². The third-order valence-corrected chi connectivity index (χ3v) is 15.6. The quantitative estimate of drug-likeness (QED) is 0.118. The number of likely N-dealkylation sites (tertiary alicyclic amines) is 2. The number of piperazine rings is 1. The Morgan fingerprint density at radius 1 is 0.835 bits per heavy atom. The highest BCUT2D eigenvalue weighted by Gasteiger charge is 2.36. The van der Waals surface area contributed by atoms with Gasteiger partial charge < -0.3 is 35.0 Å². The van der Waals surface area contributed by atoms with Crippen molar-refractivity contribution in [2.45, 2.75) is 78.0 Å². The molecule has 3 fully saturated rings. The zero-order valence-electron chi connectivity index (χ0n) is 44.8. The van der Waals surface area contributed by atoms with Gasteiger partial charge in [0, 0.05) is 107 Å². The smallest absolute Gasteiger partial charge is 0.410 e. The number of fused-ring (bicyclic) bond motifs is 4. The SMILES string of the molecule is CCNC(=O)c1nnc(-c2cc(C(C)C)c(O)cc2O)n1-c1ccc(CN2CCN(C(=O)C3CCCN(C(=O)O[C@@H](C)C(=O)N4CCC(n5c(=O)n(C)c6cnc7ccc(-c8cnc9[nH]ncc9c8)nc7c65)CC4)C3)CC2)cc1. The number of aromatic hydroxyl groups is 2. The molecule has 3 aliphatic rings. The summed E-state index contributed by atoms with van der Waals surface area (Å²) in [4.78, 5) is 90.0. The van der Waals surface area contributed by atoms with Gasteiger partial charge in [0.1, 0.15) is 17.0 Å². The molecule has 0 saturated carbocycles. The van der Waals surface area contributed by atoms with Crippen molar-refractivity contribution in [1.82, 2.24) is 74.0 Å². The summed E-state index contributed by atoms with van der Waals surface area (Å²) in [6.45, 7) is 11.9. The van der Waals surface area contributed by atoms with E-state index in [1.165, 1.54) is 11.0 Å². The normalized spacial score (nSPS) is 17.0. The average Bonchev–Trinajstić information content (AvgIpc) is 4.37. The lowest BCUT2D eigenvalue weighted by atomic mass is 9.96. The van der Waals surface area contributed by atoms with Crippen LogP contribution in [-0.2, 0) is 27.9 Å². The standard InChI is InChI=1S/C56H63N15O8/c1-6-57-52(74)51-64-63-50(41-25-40(32(2)3)45(72)26-46(41)73)71(51)38-11-9-34(10-12-38)30-66-20-22-68(23-21-66)54(76)35-8-7-17-69(31-35)56(78)79-33(4)53(75)67-18-15-39(16-19-67)70-48-44(65(5)55(70)77)29-58-43-14-13-42(61-47(43)48)36-24-37-28-60-62-49(37)59-27-36/h9-14,24-29,32-33,35,39,72-73H,6-8,15-23,30-31H2,1-5H3,(H,57,74)(H,59,60,62)/t33-,35?/m0/s1. The zero-order valence-corrected chi connectivity index (χ0v) is 44.8. The molecule has 79 heavy (non-hydrogen) atoms. The van der Waals surface area contributed by atoms with E-state index in [9.17, 15) is 34.2 Å². The minimum absolute atomic E-state index is 0.00307. The monoisotopic (exact) mass is 1070 g/mol. The molecule has 1 unspecified atom stereocenters. The van der Waals surface area contributed by atoms with Crippen LogP contribution in [0.3, 0.4) is 0 Å². The number of aromatic nitrogens is 10. The molecule has 2 atom stereocenters. The first-order valence-corrected chi connectivity index (χ1v) is 27.0. The van der Waals surface area contributed by atoms with E-state index in [0.29, 0.717) is 135 Å². The number of carbonyl (C=O) groups is 4. The van der Waals surface area contributed by atoms with Gasteiger partial charge in [-0.05, 0) is 93.0 Å². The number of imidazole rings is 1. The van der Waals surface area contributed by atoms with Crippen LogP contribution >= 0.6 is 0 Å². The molecule has 23 nitrogen and oxygen atoms in total. The van der Waals surface area contributed by atoms with Gasteiger partial charge in [0.15, 0.2) is 17.6 Å². The number of H-pyrrole nitrogens is 1. The second kappa shape index (κ2) is 21.6. The number of pyridine rings is 3. The Balaban J connectivity index is 0.677. The Kier molecular flexibility index (Phi) is 14.3. The first-order valence-electron chi connectivity index (χ1n) is 27.0. The van der Waals surface area contributed by atoms with Crippen LogP contribution in [0.2, 0.25) is 0 Å². The Hall–Kier alpha value is -8.73. The number of amides is 4. The van der Waals surface area contributed by atoms with Crippen LogP contribution in [0.25, 0.3) is 61.4 Å². The summed E-state index contributed by atoms with van der Waals surface area (Å²) < 4.78 is 10.8. The molecule has 11 rings (SSSR count). The van der Waals surface area contributed by atoms with Gasteiger partial charge in [-0.25, -0.2) is 19.6 Å². The maximum absolute atomic E-state index is 14.0. The number of aryl methyl sites for hydroxylation is 1. The van der Waals surface area contributed by atoms with Crippen molar-refractivity contribution in [3.63, 3.8) is 0 Å². The molecule has 2 aromatic carbocycles. The van der Waals surface area contributed by atoms with Gasteiger partial charge in [0.2, 0.25) is 11.7 Å². The molecule has 410 valence electrons. The third-order valence-electron chi connectivity index (χ3n) is 15.6. The molecule has 9 heterocycles. The number of aromatic amines is 1. The van der Waals surface area contributed by atoms with Crippen molar-refractivity contribution in [1.29, 1.82) is 0 Å². The number of hydrogen-bond acceptors (Lipinski definition) is 15. The Morgan fingerprint density at radius 3 is 2.35 bits per heavy atom. The van der Waals surface area contributed by atoms with E-state index in [-0.39, 0.29) is 59.2 Å². The molecule has 23 heteroatoms. The molecule has 8 aromatic rings. The molecule has 0 spiro atoms. The molecule has 3 aliphatic heterocycles. The summed E-state index contributed by atoms with van der Waals surface area (Å²) >= 11 is 0. The average molecular weight is 1070 g/mol. The first-order chi connectivity index (χ1) is 38.1. The lowest BCUT2D eigenvalue weighted by Gasteiger charge is -2.39. The number of nitrogens with one attached hydrogen (secondary N) is 2. The highest BCUT2D eigenvalue weighted by Crippen LogP contribution is 2.39. The van der Waals surface area contributed by atoms with Gasteiger partial charge in [-0.2, -0.15) is 5.10 Å². The van der Waals surface area contributed by atoms with E-state index in [1.54, 1.807) is 57.2 Å². The molecule has 6 aromatic heterocycles. The van der Waals surface area contributed by atoms with Crippen LogP contribution in [-0.4, -0.2) is 168 Å². The lowest BCUT2D eigenvalue weighted by molar-refractivity contribution is -0.142. The molecule has 4 amide bonds. The van der Waals surface area contributed by atoms with Crippen LogP contribution in [0.15, 0.2) is 78.0 Å². The second-order valence-corrected chi connectivity index (χ2v) is 21.1. The predicted octanol–water partition coefficient (Wildman–Crippen LogP) is 5.50. The Bertz CT molecular complexity index is 3700. The molecule has 0 bridgehead atoms. The fourth-order valence-electron chi connectivity index (χ4n) is 11.3. The number of carbonyl (C=O) groups excluding carboxylic acids is 4. The van der Waals surface area contributed by atoms with Gasteiger partial charge in [-0.1, -0.05) is 26.0 Å². The fourth-order valence-corrected chi connectivity index (χ4v) is 11.3. The summed E-state index contributed by atoms with van der Waals surface area (Å²) in [5, 5.41) is 40.6. The minimum Gasteiger partial charge on any atom is -0.508 e. The number of benzene rings is 2. The summed E-state index contributed by atoms with van der Waals surface area (Å²) in [5.74, 6) is -1.12. The summed E-state index contributed by atoms with van der Waals surface area (Å²) in [5.41, 5.74) is 7.08. The van der Waals surface area contributed by atoms with Crippen LogP contribution in [0.1, 0.15) is 87.1 Å².